The van der Waals surface area contributed by atoms with Crippen molar-refractivity contribution in [2.45, 2.75) is 276 Å². The van der Waals surface area contributed by atoms with Crippen LogP contribution in [0.5, 0.6) is 0 Å². The molecule has 67 heavy (non-hydrogen) atoms. The number of phosphoric acid groups is 1. The second-order valence-corrected chi connectivity index (χ2v) is 22.1. The Hall–Kier alpha value is -1.54. The van der Waals surface area contributed by atoms with E-state index in [1.54, 1.807) is 6.08 Å². The van der Waals surface area contributed by atoms with Crippen molar-refractivity contribution >= 4 is 13.7 Å². The summed E-state index contributed by atoms with van der Waals surface area (Å²) in [5.74, 6) is -0.190. The van der Waals surface area contributed by atoms with Gasteiger partial charge in [0.05, 0.1) is 39.9 Å². The summed E-state index contributed by atoms with van der Waals surface area (Å²) in [5, 5.41) is 13.8. The Morgan fingerprint density at radius 2 is 0.836 bits per heavy atom. The van der Waals surface area contributed by atoms with Gasteiger partial charge < -0.3 is 19.8 Å². The third-order valence-corrected chi connectivity index (χ3v) is 13.7. The van der Waals surface area contributed by atoms with Crippen LogP contribution in [-0.2, 0) is 18.4 Å². The van der Waals surface area contributed by atoms with Crippen LogP contribution in [0.1, 0.15) is 264 Å². The second-order valence-electron chi connectivity index (χ2n) is 20.6. The van der Waals surface area contributed by atoms with Crippen molar-refractivity contribution in [2.75, 3.05) is 40.9 Å². The largest absolute Gasteiger partial charge is 0.472 e. The van der Waals surface area contributed by atoms with Crippen LogP contribution in [0.2, 0.25) is 0 Å². The molecular formula is C58H112N2O6P+. The number of allylic oxidation sites excluding steroid dienone is 7. The van der Waals surface area contributed by atoms with Crippen LogP contribution < -0.4 is 5.32 Å². The highest BCUT2D eigenvalue weighted by molar-refractivity contribution is 7.47. The molecule has 0 aromatic carbocycles. The number of hydrogen-bond acceptors (Lipinski definition) is 5. The maximum absolute atomic E-state index is 12.9. The fraction of sp³-hybridized carbons (Fsp3) is 0.845. The molecular weight excluding hydrogens is 852 g/mol. The number of hydrogen-bond donors (Lipinski definition) is 3. The molecule has 0 radical (unpaired) electrons. The van der Waals surface area contributed by atoms with Crippen molar-refractivity contribution in [3.63, 3.8) is 0 Å². The van der Waals surface area contributed by atoms with Gasteiger partial charge in [0.15, 0.2) is 0 Å². The zero-order chi connectivity index (χ0) is 49.2. The molecule has 0 heterocycles. The smallest absolute Gasteiger partial charge is 0.387 e. The summed E-state index contributed by atoms with van der Waals surface area (Å²) in [4.78, 5) is 23.2. The second kappa shape index (κ2) is 49.4. The molecule has 3 atom stereocenters. The van der Waals surface area contributed by atoms with Gasteiger partial charge in [0, 0.05) is 6.42 Å². The lowest BCUT2D eigenvalue weighted by molar-refractivity contribution is -0.870. The molecule has 0 aliphatic carbocycles. The van der Waals surface area contributed by atoms with E-state index < -0.39 is 20.0 Å². The lowest BCUT2D eigenvalue weighted by atomic mass is 10.0. The third-order valence-electron chi connectivity index (χ3n) is 12.7. The van der Waals surface area contributed by atoms with Gasteiger partial charge in [0.25, 0.3) is 0 Å². The van der Waals surface area contributed by atoms with Gasteiger partial charge in [0.1, 0.15) is 13.2 Å². The number of quaternary nitrogens is 1. The van der Waals surface area contributed by atoms with Crippen LogP contribution in [-0.4, -0.2) is 73.4 Å². The highest BCUT2D eigenvalue weighted by Crippen LogP contribution is 2.43. The summed E-state index contributed by atoms with van der Waals surface area (Å²) < 4.78 is 23.6. The Morgan fingerprint density at radius 1 is 0.493 bits per heavy atom. The number of rotatable bonds is 52. The molecule has 3 N–H and O–H groups in total. The number of nitrogens with one attached hydrogen (secondary N) is 1. The fourth-order valence-electron chi connectivity index (χ4n) is 8.23. The van der Waals surface area contributed by atoms with Gasteiger partial charge in [-0.3, -0.25) is 13.8 Å². The summed E-state index contributed by atoms with van der Waals surface area (Å²) in [5.41, 5.74) is 0. The number of aliphatic hydroxyl groups excluding tert-OH is 1. The zero-order valence-corrected chi connectivity index (χ0v) is 45.8. The molecule has 0 saturated heterocycles. The monoisotopic (exact) mass is 964 g/mol. The van der Waals surface area contributed by atoms with Crippen molar-refractivity contribution in [3.05, 3.63) is 48.6 Å². The number of aliphatic hydroxyl groups is 1. The van der Waals surface area contributed by atoms with Crippen LogP contribution in [0.25, 0.3) is 0 Å². The van der Waals surface area contributed by atoms with E-state index in [0.717, 1.165) is 51.4 Å². The minimum absolute atomic E-state index is 0.0535. The van der Waals surface area contributed by atoms with Crippen LogP contribution in [0.4, 0.5) is 0 Å². The molecule has 0 saturated carbocycles. The molecule has 3 unspecified atom stereocenters. The number of unbranched alkanes of at least 4 members (excludes halogenated alkanes) is 33. The molecule has 0 bridgehead atoms. The Kier molecular flexibility index (Phi) is 48.3. The van der Waals surface area contributed by atoms with E-state index in [-0.39, 0.29) is 19.1 Å². The average Bonchev–Trinajstić information content (AvgIpc) is 3.29. The Bertz CT molecular complexity index is 1230. The van der Waals surface area contributed by atoms with Crippen LogP contribution >= 0.6 is 7.82 Å². The summed E-state index contributed by atoms with van der Waals surface area (Å²) in [6.45, 7) is 4.75. The number of amides is 1. The van der Waals surface area contributed by atoms with Crippen LogP contribution in [0, 0.1) is 0 Å². The molecule has 0 rings (SSSR count). The van der Waals surface area contributed by atoms with E-state index >= 15 is 0 Å². The van der Waals surface area contributed by atoms with E-state index in [0.29, 0.717) is 17.4 Å². The normalized spacial score (nSPS) is 14.3. The van der Waals surface area contributed by atoms with E-state index in [1.165, 1.54) is 193 Å². The van der Waals surface area contributed by atoms with E-state index in [9.17, 15) is 19.4 Å². The van der Waals surface area contributed by atoms with Crippen molar-refractivity contribution in [1.29, 1.82) is 0 Å². The first kappa shape index (κ1) is 65.5. The number of likely N-dealkylation sites (N-methyl/N-ethyl adjacent to an activating group) is 1. The summed E-state index contributed by atoms with van der Waals surface area (Å²) >= 11 is 0. The number of carbonyl (C=O) groups is 1. The molecule has 0 aliphatic rings. The molecule has 1 amide bonds. The number of carbonyl (C=O) groups excluding carboxylic acids is 1. The SMILES string of the molecule is CCCC/C=C/CC/C=C/CC/C=C/C(O)C(COP(=O)(O)OCC[N+](C)(C)C)NC(=O)CCCCCCCCCCCCCCCCCCC/C=C\CCCCCCCCCCCCCC. The van der Waals surface area contributed by atoms with Crippen LogP contribution in [0.15, 0.2) is 48.6 Å². The summed E-state index contributed by atoms with van der Waals surface area (Å²) in [6, 6.07) is -0.868. The van der Waals surface area contributed by atoms with Gasteiger partial charge in [-0.05, 0) is 64.2 Å². The molecule has 0 spiro atoms. The summed E-state index contributed by atoms with van der Waals surface area (Å²) in [7, 11) is 1.55. The van der Waals surface area contributed by atoms with Crippen molar-refractivity contribution in [3.8, 4) is 0 Å². The zero-order valence-electron chi connectivity index (χ0n) is 44.9. The third kappa shape index (κ3) is 52.1. The van der Waals surface area contributed by atoms with Crippen molar-refractivity contribution < 1.29 is 32.9 Å². The first-order chi connectivity index (χ1) is 32.5. The topological polar surface area (TPSA) is 105 Å². The molecule has 0 fully saturated rings. The predicted octanol–water partition coefficient (Wildman–Crippen LogP) is 17.2. The Balaban J connectivity index is 4.00. The average molecular weight is 965 g/mol. The van der Waals surface area contributed by atoms with Crippen LogP contribution in [0.3, 0.4) is 0 Å². The van der Waals surface area contributed by atoms with Gasteiger partial charge in [-0.2, -0.15) is 0 Å². The maximum Gasteiger partial charge on any atom is 0.472 e. The van der Waals surface area contributed by atoms with E-state index in [2.05, 4.69) is 55.6 Å². The number of phosphoric ester groups is 1. The molecule has 0 aromatic rings. The minimum Gasteiger partial charge on any atom is -0.387 e. The van der Waals surface area contributed by atoms with E-state index in [4.69, 9.17) is 9.05 Å². The Morgan fingerprint density at radius 3 is 1.24 bits per heavy atom. The maximum atomic E-state index is 12.9. The molecule has 0 aromatic heterocycles. The van der Waals surface area contributed by atoms with Gasteiger partial charge in [-0.15, -0.1) is 0 Å². The standard InChI is InChI=1S/C58H111N2O6P/c1-6-8-10-12-14-16-18-20-21-22-23-24-25-26-27-28-29-30-31-32-33-34-35-36-37-38-39-40-42-44-46-48-50-52-58(62)59-56(55-66-67(63,64)65-54-53-60(3,4)5)57(61)51-49-47-45-43-41-19-17-15-13-11-9-7-2/h13,15,26-27,41,43,49,51,56-57,61H,6-12,14,16-25,28-40,42,44-48,50,52-55H2,1-5H3,(H-,59,62,63,64)/p+1/b15-13+,27-26-,43-41+,51-49+. The van der Waals surface area contributed by atoms with Gasteiger partial charge in [-0.1, -0.05) is 242 Å². The first-order valence-electron chi connectivity index (χ1n) is 28.5. The lowest BCUT2D eigenvalue weighted by Crippen LogP contribution is -2.45. The molecule has 9 heteroatoms. The lowest BCUT2D eigenvalue weighted by Gasteiger charge is -2.25. The highest BCUT2D eigenvalue weighted by Gasteiger charge is 2.27. The quantitative estimate of drug-likeness (QED) is 0.0243. The van der Waals surface area contributed by atoms with Crippen molar-refractivity contribution in [2.24, 2.45) is 0 Å². The van der Waals surface area contributed by atoms with Gasteiger partial charge >= 0.3 is 7.82 Å². The molecule has 0 aliphatic heterocycles. The predicted molar refractivity (Wildman–Crippen MR) is 291 cm³/mol. The highest BCUT2D eigenvalue weighted by atomic mass is 31.2. The molecule has 394 valence electrons. The Labute approximate surface area is 416 Å². The number of nitrogens with zero attached hydrogens (tertiary/aromatic N) is 1. The minimum atomic E-state index is -4.35. The first-order valence-corrected chi connectivity index (χ1v) is 30.0. The fourth-order valence-corrected chi connectivity index (χ4v) is 8.97. The van der Waals surface area contributed by atoms with Gasteiger partial charge in [-0.25, -0.2) is 4.57 Å². The summed E-state index contributed by atoms with van der Waals surface area (Å²) in [6.07, 6.45) is 65.3. The van der Waals surface area contributed by atoms with E-state index in [1.807, 2.05) is 27.2 Å². The molecule has 8 nitrogen and oxygen atoms in total. The van der Waals surface area contributed by atoms with Crippen molar-refractivity contribution in [1.82, 2.24) is 5.32 Å². The van der Waals surface area contributed by atoms with Gasteiger partial charge in [0.2, 0.25) is 5.91 Å².